The second-order valence-electron chi connectivity index (χ2n) is 6.83. The number of rotatable bonds is 6. The molecule has 1 unspecified atom stereocenters. The van der Waals surface area contributed by atoms with Crippen molar-refractivity contribution in [1.29, 1.82) is 0 Å². The summed E-state index contributed by atoms with van der Waals surface area (Å²) in [7, 11) is 1.94. The standard InChI is InChI=1S/C19H28N6O2S/c1-4-27-18(26)15-7-5-9-25(13-15)19(20-11-16-8-6-10-28-16)21-12-17-23-22-14(2)24(17)3/h6,8,10,15H,4-5,7,9,11-13H2,1-3H3,(H,20,21). The number of guanidine groups is 1. The number of hydrogen-bond donors (Lipinski definition) is 1. The van der Waals surface area contributed by atoms with E-state index in [2.05, 4.69) is 31.9 Å². The van der Waals surface area contributed by atoms with Crippen molar-refractivity contribution in [2.45, 2.75) is 39.8 Å². The lowest BCUT2D eigenvalue weighted by molar-refractivity contribution is -0.149. The summed E-state index contributed by atoms with van der Waals surface area (Å²) in [6, 6.07) is 4.14. The summed E-state index contributed by atoms with van der Waals surface area (Å²) >= 11 is 1.71. The SMILES string of the molecule is CCOC(=O)C1CCCN(C(=NCc2nnc(C)n2C)NCc2cccs2)C1. The molecular formula is C19H28N6O2S. The van der Waals surface area contributed by atoms with Crippen LogP contribution in [0.3, 0.4) is 0 Å². The molecule has 3 rings (SSSR count). The van der Waals surface area contributed by atoms with Gasteiger partial charge in [0.25, 0.3) is 0 Å². The molecule has 152 valence electrons. The minimum absolute atomic E-state index is 0.112. The van der Waals surface area contributed by atoms with E-state index in [1.54, 1.807) is 11.3 Å². The van der Waals surface area contributed by atoms with Gasteiger partial charge in [-0.2, -0.15) is 0 Å². The van der Waals surface area contributed by atoms with E-state index in [9.17, 15) is 4.79 Å². The van der Waals surface area contributed by atoms with Gasteiger partial charge in [-0.1, -0.05) is 6.07 Å². The number of ether oxygens (including phenoxy) is 1. The van der Waals surface area contributed by atoms with Gasteiger partial charge in [-0.3, -0.25) is 4.79 Å². The van der Waals surface area contributed by atoms with Gasteiger partial charge in [0.05, 0.1) is 19.1 Å². The van der Waals surface area contributed by atoms with Crippen LogP contribution in [0.2, 0.25) is 0 Å². The number of piperidine rings is 1. The second kappa shape index (κ2) is 9.68. The predicted molar refractivity (Wildman–Crippen MR) is 109 cm³/mol. The molecule has 2 aromatic heterocycles. The Hall–Kier alpha value is -2.42. The van der Waals surface area contributed by atoms with E-state index in [0.717, 1.165) is 37.0 Å². The number of esters is 1. The monoisotopic (exact) mass is 404 g/mol. The van der Waals surface area contributed by atoms with Crippen molar-refractivity contribution >= 4 is 23.3 Å². The van der Waals surface area contributed by atoms with Crippen LogP contribution in [-0.4, -0.2) is 51.3 Å². The summed E-state index contributed by atoms with van der Waals surface area (Å²) in [4.78, 5) is 20.4. The highest BCUT2D eigenvalue weighted by atomic mass is 32.1. The normalized spacial score (nSPS) is 17.6. The number of likely N-dealkylation sites (tertiary alicyclic amines) is 1. The lowest BCUT2D eigenvalue weighted by Crippen LogP contribution is -2.48. The largest absolute Gasteiger partial charge is 0.466 e. The van der Waals surface area contributed by atoms with Crippen LogP contribution in [0, 0.1) is 12.8 Å². The highest BCUT2D eigenvalue weighted by Gasteiger charge is 2.28. The quantitative estimate of drug-likeness (QED) is 0.451. The maximum absolute atomic E-state index is 12.2. The van der Waals surface area contributed by atoms with E-state index in [1.807, 2.05) is 31.5 Å². The van der Waals surface area contributed by atoms with Crippen LogP contribution in [0.25, 0.3) is 0 Å². The zero-order chi connectivity index (χ0) is 19.9. The van der Waals surface area contributed by atoms with Gasteiger partial charge in [0, 0.05) is 25.0 Å². The topological polar surface area (TPSA) is 84.6 Å². The van der Waals surface area contributed by atoms with Crippen LogP contribution < -0.4 is 5.32 Å². The Labute approximate surface area is 169 Å². The van der Waals surface area contributed by atoms with Crippen molar-refractivity contribution in [3.05, 3.63) is 34.0 Å². The first-order chi connectivity index (χ1) is 13.6. The lowest BCUT2D eigenvalue weighted by Gasteiger charge is -2.34. The molecule has 0 saturated carbocycles. The number of carbonyl (C=O) groups is 1. The Balaban J connectivity index is 1.73. The van der Waals surface area contributed by atoms with Gasteiger partial charge in [-0.05, 0) is 38.1 Å². The predicted octanol–water partition coefficient (Wildman–Crippen LogP) is 2.11. The van der Waals surface area contributed by atoms with Crippen molar-refractivity contribution < 1.29 is 9.53 Å². The van der Waals surface area contributed by atoms with E-state index in [-0.39, 0.29) is 11.9 Å². The molecule has 1 aliphatic heterocycles. The minimum Gasteiger partial charge on any atom is -0.466 e. The van der Waals surface area contributed by atoms with Gasteiger partial charge >= 0.3 is 5.97 Å². The average molecular weight is 405 g/mol. The molecule has 0 aliphatic carbocycles. The molecule has 2 aromatic rings. The third-order valence-electron chi connectivity index (χ3n) is 4.89. The van der Waals surface area contributed by atoms with Crippen LogP contribution in [0.4, 0.5) is 0 Å². The molecule has 1 N–H and O–H groups in total. The Morgan fingerprint density at radius 2 is 2.32 bits per heavy atom. The molecule has 0 amide bonds. The highest BCUT2D eigenvalue weighted by Crippen LogP contribution is 2.19. The minimum atomic E-state index is -0.117. The van der Waals surface area contributed by atoms with Crippen LogP contribution in [0.15, 0.2) is 22.5 Å². The number of aliphatic imine (C=N–C) groups is 1. The van der Waals surface area contributed by atoms with Gasteiger partial charge in [-0.25, -0.2) is 4.99 Å². The Morgan fingerprint density at radius 3 is 3.00 bits per heavy atom. The number of aryl methyl sites for hydroxylation is 1. The van der Waals surface area contributed by atoms with Gasteiger partial charge in [0.15, 0.2) is 11.8 Å². The van der Waals surface area contributed by atoms with Crippen LogP contribution in [-0.2, 0) is 29.7 Å². The van der Waals surface area contributed by atoms with E-state index >= 15 is 0 Å². The van der Waals surface area contributed by atoms with E-state index in [4.69, 9.17) is 9.73 Å². The van der Waals surface area contributed by atoms with Crippen LogP contribution >= 0.6 is 11.3 Å². The number of hydrogen-bond acceptors (Lipinski definition) is 6. The highest BCUT2D eigenvalue weighted by molar-refractivity contribution is 7.09. The van der Waals surface area contributed by atoms with Crippen LogP contribution in [0.5, 0.6) is 0 Å². The number of aromatic nitrogens is 3. The summed E-state index contributed by atoms with van der Waals surface area (Å²) in [6.45, 7) is 6.80. The molecule has 0 radical (unpaired) electrons. The van der Waals surface area contributed by atoms with Crippen molar-refractivity contribution in [3.8, 4) is 0 Å². The molecule has 9 heteroatoms. The van der Waals surface area contributed by atoms with Gasteiger partial charge in [-0.15, -0.1) is 21.5 Å². The molecule has 3 heterocycles. The third-order valence-corrected chi connectivity index (χ3v) is 5.77. The molecule has 0 spiro atoms. The van der Waals surface area contributed by atoms with Gasteiger partial charge < -0.3 is 19.5 Å². The summed E-state index contributed by atoms with van der Waals surface area (Å²) < 4.78 is 7.17. The van der Waals surface area contributed by atoms with Crippen molar-refractivity contribution in [3.63, 3.8) is 0 Å². The number of nitrogens with zero attached hydrogens (tertiary/aromatic N) is 5. The summed E-state index contributed by atoms with van der Waals surface area (Å²) in [6.07, 6.45) is 1.79. The van der Waals surface area contributed by atoms with Crippen molar-refractivity contribution in [2.75, 3.05) is 19.7 Å². The first-order valence-corrected chi connectivity index (χ1v) is 10.5. The zero-order valence-electron chi connectivity index (χ0n) is 16.7. The third kappa shape index (κ3) is 5.09. The fourth-order valence-electron chi connectivity index (χ4n) is 3.20. The Morgan fingerprint density at radius 1 is 1.46 bits per heavy atom. The van der Waals surface area contributed by atoms with E-state index in [1.165, 1.54) is 4.88 Å². The van der Waals surface area contributed by atoms with Gasteiger partial charge in [0.2, 0.25) is 0 Å². The zero-order valence-corrected chi connectivity index (χ0v) is 17.5. The molecule has 1 aliphatic rings. The first kappa shape index (κ1) is 20.3. The molecule has 1 atom stereocenters. The fraction of sp³-hybridized carbons (Fsp3) is 0.579. The number of nitrogens with one attached hydrogen (secondary N) is 1. The molecule has 0 bridgehead atoms. The second-order valence-corrected chi connectivity index (χ2v) is 7.86. The molecule has 8 nitrogen and oxygen atoms in total. The molecule has 1 fully saturated rings. The van der Waals surface area contributed by atoms with Crippen molar-refractivity contribution in [2.24, 2.45) is 18.0 Å². The maximum Gasteiger partial charge on any atom is 0.310 e. The number of carbonyl (C=O) groups excluding carboxylic acids is 1. The molecule has 1 saturated heterocycles. The summed E-state index contributed by atoms with van der Waals surface area (Å²) in [5.41, 5.74) is 0. The summed E-state index contributed by atoms with van der Waals surface area (Å²) in [5, 5.41) is 13.8. The smallest absolute Gasteiger partial charge is 0.310 e. The van der Waals surface area contributed by atoms with Crippen LogP contribution in [0.1, 0.15) is 36.3 Å². The molecule has 0 aromatic carbocycles. The summed E-state index contributed by atoms with van der Waals surface area (Å²) in [5.74, 6) is 2.24. The average Bonchev–Trinajstić information content (AvgIpc) is 3.33. The van der Waals surface area contributed by atoms with Gasteiger partial charge in [0.1, 0.15) is 12.4 Å². The Kier molecular flexibility index (Phi) is 7.02. The lowest BCUT2D eigenvalue weighted by atomic mass is 9.98. The number of thiophene rings is 1. The first-order valence-electron chi connectivity index (χ1n) is 9.65. The Bertz CT molecular complexity index is 801. The molecular weight excluding hydrogens is 376 g/mol. The fourth-order valence-corrected chi connectivity index (χ4v) is 3.85. The van der Waals surface area contributed by atoms with Crippen molar-refractivity contribution in [1.82, 2.24) is 25.0 Å². The van der Waals surface area contributed by atoms with E-state index < -0.39 is 0 Å². The maximum atomic E-state index is 12.2. The van der Waals surface area contributed by atoms with E-state index in [0.29, 0.717) is 26.2 Å². The molecule has 28 heavy (non-hydrogen) atoms.